The van der Waals surface area contributed by atoms with Crippen LogP contribution in [0.3, 0.4) is 0 Å². The standard InChI is InChI=1S/C27H31N5O3/c1-19-6-4-7-20(16-19)26(33)32-11-10-24-23(18-32)25(35-22-9-5-8-21(17-22)34-3)29-27(28-24)31-14-12-30(2)13-15-31/h4-9,16-17H,10-15,18H2,1-3H3. The molecular weight excluding hydrogens is 442 g/mol. The quantitative estimate of drug-likeness (QED) is 0.561. The molecule has 1 saturated heterocycles. The van der Waals surface area contributed by atoms with E-state index in [1.807, 2.05) is 60.4 Å². The molecule has 2 aromatic carbocycles. The molecule has 0 saturated carbocycles. The number of hydrogen-bond acceptors (Lipinski definition) is 7. The second-order valence-corrected chi connectivity index (χ2v) is 9.17. The van der Waals surface area contributed by atoms with Crippen molar-refractivity contribution in [2.75, 3.05) is 51.8 Å². The summed E-state index contributed by atoms with van der Waals surface area (Å²) >= 11 is 0. The highest BCUT2D eigenvalue weighted by molar-refractivity contribution is 5.94. The topological polar surface area (TPSA) is 71.0 Å². The summed E-state index contributed by atoms with van der Waals surface area (Å²) in [5.41, 5.74) is 3.56. The lowest BCUT2D eigenvalue weighted by Crippen LogP contribution is -2.45. The minimum atomic E-state index is 0.00910. The van der Waals surface area contributed by atoms with Gasteiger partial charge in [-0.25, -0.2) is 4.98 Å². The number of aryl methyl sites for hydroxylation is 1. The van der Waals surface area contributed by atoms with Crippen molar-refractivity contribution in [3.63, 3.8) is 0 Å². The van der Waals surface area contributed by atoms with E-state index in [0.29, 0.717) is 48.4 Å². The summed E-state index contributed by atoms with van der Waals surface area (Å²) in [6, 6.07) is 15.2. The van der Waals surface area contributed by atoms with Crippen LogP contribution >= 0.6 is 0 Å². The molecule has 2 aliphatic heterocycles. The predicted molar refractivity (Wildman–Crippen MR) is 134 cm³/mol. The Hall–Kier alpha value is -3.65. The molecule has 0 radical (unpaired) electrons. The number of likely N-dealkylation sites (N-methyl/N-ethyl adjacent to an activating group) is 1. The van der Waals surface area contributed by atoms with E-state index < -0.39 is 0 Å². The van der Waals surface area contributed by atoms with Gasteiger partial charge in [-0.15, -0.1) is 0 Å². The largest absolute Gasteiger partial charge is 0.497 e. The molecule has 8 nitrogen and oxygen atoms in total. The van der Waals surface area contributed by atoms with Crippen LogP contribution < -0.4 is 14.4 Å². The SMILES string of the molecule is COc1cccc(Oc2nc(N3CCN(C)CC3)nc3c2CN(C(=O)c2cccc(C)c2)CC3)c1. The first-order valence-electron chi connectivity index (χ1n) is 12.0. The van der Waals surface area contributed by atoms with E-state index in [4.69, 9.17) is 19.4 Å². The zero-order valence-electron chi connectivity index (χ0n) is 20.5. The van der Waals surface area contributed by atoms with Crippen LogP contribution in [0.5, 0.6) is 17.4 Å². The number of piperazine rings is 1. The number of ether oxygens (including phenoxy) is 2. The molecule has 182 valence electrons. The lowest BCUT2D eigenvalue weighted by Gasteiger charge is -2.34. The summed E-state index contributed by atoms with van der Waals surface area (Å²) in [5, 5.41) is 0. The highest BCUT2D eigenvalue weighted by Crippen LogP contribution is 2.33. The third kappa shape index (κ3) is 5.07. The number of anilines is 1. The average Bonchev–Trinajstić information content (AvgIpc) is 2.88. The smallest absolute Gasteiger partial charge is 0.254 e. The number of methoxy groups -OCH3 is 1. The Labute approximate surface area is 206 Å². The van der Waals surface area contributed by atoms with Gasteiger partial charge in [0.05, 0.1) is 24.9 Å². The molecule has 2 aliphatic rings. The van der Waals surface area contributed by atoms with Crippen molar-refractivity contribution < 1.29 is 14.3 Å². The fourth-order valence-electron chi connectivity index (χ4n) is 4.51. The fraction of sp³-hybridized carbons (Fsp3) is 0.370. The molecule has 5 rings (SSSR count). The van der Waals surface area contributed by atoms with Crippen LogP contribution in [0.25, 0.3) is 0 Å². The highest BCUT2D eigenvalue weighted by atomic mass is 16.5. The predicted octanol–water partition coefficient (Wildman–Crippen LogP) is 3.54. The van der Waals surface area contributed by atoms with Gasteiger partial charge < -0.3 is 24.2 Å². The van der Waals surface area contributed by atoms with Gasteiger partial charge in [-0.3, -0.25) is 4.79 Å². The number of benzene rings is 2. The normalized spacial score (nSPS) is 16.1. The van der Waals surface area contributed by atoms with Gasteiger partial charge in [-0.05, 0) is 38.2 Å². The second-order valence-electron chi connectivity index (χ2n) is 9.17. The maximum atomic E-state index is 13.3. The monoisotopic (exact) mass is 473 g/mol. The van der Waals surface area contributed by atoms with E-state index >= 15 is 0 Å². The number of fused-ring (bicyclic) bond motifs is 1. The molecule has 0 N–H and O–H groups in total. The van der Waals surface area contributed by atoms with Gasteiger partial charge in [0.15, 0.2) is 0 Å². The summed E-state index contributed by atoms with van der Waals surface area (Å²) < 4.78 is 11.7. The molecule has 35 heavy (non-hydrogen) atoms. The molecule has 3 aromatic rings. The van der Waals surface area contributed by atoms with E-state index in [1.54, 1.807) is 7.11 Å². The van der Waals surface area contributed by atoms with Gasteiger partial charge in [0, 0.05) is 50.8 Å². The zero-order valence-corrected chi connectivity index (χ0v) is 20.5. The zero-order chi connectivity index (χ0) is 24.4. The molecule has 1 amide bonds. The number of amides is 1. The van der Waals surface area contributed by atoms with Crippen molar-refractivity contribution in [2.24, 2.45) is 0 Å². The van der Waals surface area contributed by atoms with E-state index in [9.17, 15) is 4.79 Å². The number of rotatable bonds is 5. The van der Waals surface area contributed by atoms with Gasteiger partial charge in [0.25, 0.3) is 5.91 Å². The molecule has 1 fully saturated rings. The lowest BCUT2D eigenvalue weighted by atomic mass is 10.0. The summed E-state index contributed by atoms with van der Waals surface area (Å²) in [4.78, 5) is 29.4. The molecule has 0 spiro atoms. The minimum absolute atomic E-state index is 0.00910. The van der Waals surface area contributed by atoms with Gasteiger partial charge >= 0.3 is 0 Å². The van der Waals surface area contributed by atoms with Gasteiger partial charge in [-0.2, -0.15) is 4.98 Å². The van der Waals surface area contributed by atoms with Gasteiger partial charge in [0.1, 0.15) is 11.5 Å². The molecule has 8 heteroatoms. The first kappa shape index (κ1) is 23.1. The van der Waals surface area contributed by atoms with Crippen LogP contribution in [0.2, 0.25) is 0 Å². The molecule has 3 heterocycles. The summed E-state index contributed by atoms with van der Waals surface area (Å²) in [6.07, 6.45) is 0.657. The molecule has 0 aliphatic carbocycles. The summed E-state index contributed by atoms with van der Waals surface area (Å²) in [7, 11) is 3.76. The van der Waals surface area contributed by atoms with Crippen molar-refractivity contribution in [3.05, 3.63) is 70.9 Å². The first-order valence-corrected chi connectivity index (χ1v) is 12.0. The number of carbonyl (C=O) groups excluding carboxylic acids is 1. The molecular formula is C27H31N5O3. The summed E-state index contributed by atoms with van der Waals surface area (Å²) in [5.74, 6) is 2.54. The van der Waals surface area contributed by atoms with Crippen molar-refractivity contribution in [3.8, 4) is 17.4 Å². The Morgan fingerprint density at radius 1 is 0.943 bits per heavy atom. The molecule has 0 atom stereocenters. The van der Waals surface area contributed by atoms with Crippen LogP contribution in [0.1, 0.15) is 27.2 Å². The second kappa shape index (κ2) is 9.92. The van der Waals surface area contributed by atoms with Crippen molar-refractivity contribution in [2.45, 2.75) is 19.9 Å². The van der Waals surface area contributed by atoms with Gasteiger partial charge in [-0.1, -0.05) is 23.8 Å². The Bertz CT molecular complexity index is 1220. The third-order valence-electron chi connectivity index (χ3n) is 6.60. The number of aromatic nitrogens is 2. The number of carbonyl (C=O) groups is 1. The number of hydrogen-bond donors (Lipinski definition) is 0. The lowest BCUT2D eigenvalue weighted by molar-refractivity contribution is 0.0732. The average molecular weight is 474 g/mol. The maximum Gasteiger partial charge on any atom is 0.254 e. The maximum absolute atomic E-state index is 13.3. The van der Waals surface area contributed by atoms with E-state index in [1.165, 1.54) is 0 Å². The first-order chi connectivity index (χ1) is 17.0. The van der Waals surface area contributed by atoms with Crippen LogP contribution in [0, 0.1) is 6.92 Å². The Morgan fingerprint density at radius 2 is 1.71 bits per heavy atom. The van der Waals surface area contributed by atoms with Crippen LogP contribution in [0.4, 0.5) is 5.95 Å². The highest BCUT2D eigenvalue weighted by Gasteiger charge is 2.29. The molecule has 1 aromatic heterocycles. The Balaban J connectivity index is 1.48. The number of nitrogens with zero attached hydrogens (tertiary/aromatic N) is 5. The van der Waals surface area contributed by atoms with Crippen molar-refractivity contribution in [1.29, 1.82) is 0 Å². The Kier molecular flexibility index (Phi) is 6.55. The van der Waals surface area contributed by atoms with E-state index in [2.05, 4.69) is 16.8 Å². The van der Waals surface area contributed by atoms with E-state index in [0.717, 1.165) is 43.0 Å². The van der Waals surface area contributed by atoms with Crippen LogP contribution in [-0.4, -0.2) is 72.6 Å². The molecule has 0 unspecified atom stereocenters. The van der Waals surface area contributed by atoms with Crippen molar-refractivity contribution in [1.82, 2.24) is 19.8 Å². The van der Waals surface area contributed by atoms with E-state index in [-0.39, 0.29) is 5.91 Å². The fourth-order valence-corrected chi connectivity index (χ4v) is 4.51. The van der Waals surface area contributed by atoms with Crippen LogP contribution in [-0.2, 0) is 13.0 Å². The van der Waals surface area contributed by atoms with Gasteiger partial charge in [0.2, 0.25) is 11.8 Å². The minimum Gasteiger partial charge on any atom is -0.497 e. The molecule has 0 bridgehead atoms. The Morgan fingerprint density at radius 3 is 2.49 bits per heavy atom. The summed E-state index contributed by atoms with van der Waals surface area (Å²) in [6.45, 7) is 6.67. The van der Waals surface area contributed by atoms with Crippen molar-refractivity contribution >= 4 is 11.9 Å². The third-order valence-corrected chi connectivity index (χ3v) is 6.60. The van der Waals surface area contributed by atoms with Crippen LogP contribution in [0.15, 0.2) is 48.5 Å².